The number of nitriles is 1. The molecule has 3 nitrogen and oxygen atoms in total. The Labute approximate surface area is 78.4 Å². The van der Waals surface area contributed by atoms with E-state index < -0.39 is 0 Å². The van der Waals surface area contributed by atoms with E-state index in [9.17, 15) is 0 Å². The number of pyridine rings is 1. The molecule has 3 heteroatoms. The summed E-state index contributed by atoms with van der Waals surface area (Å²) < 4.78 is 0. The van der Waals surface area contributed by atoms with Gasteiger partial charge in [0.25, 0.3) is 0 Å². The summed E-state index contributed by atoms with van der Waals surface area (Å²) in [6, 6.07) is 6.35. The number of hydrogen-bond donors (Lipinski definition) is 1. The maximum atomic E-state index is 8.47. The van der Waals surface area contributed by atoms with Gasteiger partial charge in [-0.25, -0.2) is 0 Å². The van der Waals surface area contributed by atoms with Gasteiger partial charge in [-0.05, 0) is 31.2 Å². The highest BCUT2D eigenvalue weighted by Gasteiger charge is 2.07. The molecule has 1 heterocycles. The van der Waals surface area contributed by atoms with Crippen molar-refractivity contribution in [2.75, 3.05) is 7.05 Å². The monoisotopic (exact) mass is 175 g/mol. The first kappa shape index (κ1) is 9.69. The summed E-state index contributed by atoms with van der Waals surface area (Å²) in [4.78, 5) is 3.95. The summed E-state index contributed by atoms with van der Waals surface area (Å²) in [5, 5.41) is 11.6. The number of nitrogens with one attached hydrogen (secondary N) is 1. The third kappa shape index (κ3) is 2.85. The molecule has 0 aromatic carbocycles. The van der Waals surface area contributed by atoms with Crippen LogP contribution in [0.2, 0.25) is 0 Å². The fourth-order valence-electron chi connectivity index (χ4n) is 1.28. The van der Waals surface area contributed by atoms with Gasteiger partial charge in [-0.3, -0.25) is 4.98 Å². The van der Waals surface area contributed by atoms with E-state index in [1.807, 2.05) is 19.2 Å². The van der Waals surface area contributed by atoms with Crippen molar-refractivity contribution in [3.05, 3.63) is 30.1 Å². The van der Waals surface area contributed by atoms with Crippen LogP contribution in [-0.4, -0.2) is 12.0 Å². The molecule has 0 amide bonds. The quantitative estimate of drug-likeness (QED) is 0.756. The van der Waals surface area contributed by atoms with Crippen molar-refractivity contribution in [3.63, 3.8) is 0 Å². The van der Waals surface area contributed by atoms with Gasteiger partial charge < -0.3 is 5.32 Å². The molecule has 1 atom stereocenters. The van der Waals surface area contributed by atoms with Gasteiger partial charge in [-0.2, -0.15) is 5.26 Å². The van der Waals surface area contributed by atoms with E-state index in [0.29, 0.717) is 6.42 Å². The molecule has 0 fully saturated rings. The highest BCUT2D eigenvalue weighted by Crippen LogP contribution is 2.16. The minimum atomic E-state index is 0.266. The zero-order valence-corrected chi connectivity index (χ0v) is 7.70. The van der Waals surface area contributed by atoms with E-state index in [0.717, 1.165) is 6.42 Å². The third-order valence-electron chi connectivity index (χ3n) is 2.00. The smallest absolute Gasteiger partial charge is 0.0622 e. The summed E-state index contributed by atoms with van der Waals surface area (Å²) >= 11 is 0. The molecule has 1 N–H and O–H groups in total. The van der Waals surface area contributed by atoms with Crippen molar-refractivity contribution in [3.8, 4) is 6.07 Å². The van der Waals surface area contributed by atoms with Crippen molar-refractivity contribution in [1.29, 1.82) is 5.26 Å². The Morgan fingerprint density at radius 1 is 1.54 bits per heavy atom. The van der Waals surface area contributed by atoms with Crippen LogP contribution in [0.15, 0.2) is 24.5 Å². The molecule has 0 saturated carbocycles. The van der Waals surface area contributed by atoms with Crippen molar-refractivity contribution in [2.45, 2.75) is 18.9 Å². The molecule has 68 valence electrons. The van der Waals surface area contributed by atoms with Crippen molar-refractivity contribution < 1.29 is 0 Å². The Hall–Kier alpha value is -1.40. The number of aromatic nitrogens is 1. The fraction of sp³-hybridized carbons (Fsp3) is 0.400. The molecule has 0 spiro atoms. The molecule has 0 saturated heterocycles. The number of nitrogens with zero attached hydrogens (tertiary/aromatic N) is 2. The predicted molar refractivity (Wildman–Crippen MR) is 50.9 cm³/mol. The van der Waals surface area contributed by atoms with Gasteiger partial charge in [0.1, 0.15) is 0 Å². The van der Waals surface area contributed by atoms with Crippen molar-refractivity contribution in [1.82, 2.24) is 10.3 Å². The minimum absolute atomic E-state index is 0.266. The maximum absolute atomic E-state index is 8.47. The molecular formula is C10H13N3. The fourth-order valence-corrected chi connectivity index (χ4v) is 1.28. The van der Waals surface area contributed by atoms with Crippen LogP contribution in [0.4, 0.5) is 0 Å². The molecule has 1 aromatic heterocycles. The minimum Gasteiger partial charge on any atom is -0.313 e. The lowest BCUT2D eigenvalue weighted by atomic mass is 10.0. The Morgan fingerprint density at radius 2 is 2.23 bits per heavy atom. The van der Waals surface area contributed by atoms with Crippen LogP contribution in [0.25, 0.3) is 0 Å². The van der Waals surface area contributed by atoms with E-state index >= 15 is 0 Å². The van der Waals surface area contributed by atoms with Crippen LogP contribution < -0.4 is 5.32 Å². The van der Waals surface area contributed by atoms with Gasteiger partial charge in [-0.1, -0.05) is 0 Å². The second kappa shape index (κ2) is 5.28. The SMILES string of the molecule is CNC(CCC#N)c1ccncc1. The van der Waals surface area contributed by atoms with Crippen LogP contribution in [0.1, 0.15) is 24.4 Å². The topological polar surface area (TPSA) is 48.7 Å². The molecular weight excluding hydrogens is 162 g/mol. The van der Waals surface area contributed by atoms with Gasteiger partial charge in [0.05, 0.1) is 6.07 Å². The summed E-state index contributed by atoms with van der Waals surface area (Å²) in [5.74, 6) is 0. The molecule has 13 heavy (non-hydrogen) atoms. The molecule has 0 aliphatic carbocycles. The third-order valence-corrected chi connectivity index (χ3v) is 2.00. The van der Waals surface area contributed by atoms with Gasteiger partial charge in [-0.15, -0.1) is 0 Å². The molecule has 0 bridgehead atoms. The van der Waals surface area contributed by atoms with Gasteiger partial charge in [0.2, 0.25) is 0 Å². The van der Waals surface area contributed by atoms with Gasteiger partial charge in [0.15, 0.2) is 0 Å². The molecule has 0 aliphatic heterocycles. The highest BCUT2D eigenvalue weighted by atomic mass is 14.9. The second-order valence-electron chi connectivity index (χ2n) is 2.82. The molecule has 1 rings (SSSR count). The summed E-state index contributed by atoms with van der Waals surface area (Å²) in [6.07, 6.45) is 4.96. The first-order valence-electron chi connectivity index (χ1n) is 4.32. The average Bonchev–Trinajstić information content (AvgIpc) is 2.21. The normalized spacial score (nSPS) is 12.0. The van der Waals surface area contributed by atoms with Crippen LogP contribution >= 0.6 is 0 Å². The van der Waals surface area contributed by atoms with E-state index in [-0.39, 0.29) is 6.04 Å². The van der Waals surface area contributed by atoms with Gasteiger partial charge in [0, 0.05) is 24.9 Å². The van der Waals surface area contributed by atoms with Crippen molar-refractivity contribution in [2.24, 2.45) is 0 Å². The largest absolute Gasteiger partial charge is 0.313 e. The first-order valence-corrected chi connectivity index (χ1v) is 4.32. The zero-order valence-electron chi connectivity index (χ0n) is 7.70. The lowest BCUT2D eigenvalue weighted by Gasteiger charge is -2.14. The van der Waals surface area contributed by atoms with Crippen LogP contribution in [0.5, 0.6) is 0 Å². The molecule has 0 aliphatic rings. The molecule has 1 unspecified atom stereocenters. The van der Waals surface area contributed by atoms with E-state index in [4.69, 9.17) is 5.26 Å². The molecule has 1 aromatic rings. The summed E-state index contributed by atoms with van der Waals surface area (Å²) in [7, 11) is 1.91. The standard InChI is InChI=1S/C10H13N3/c1-12-10(3-2-6-11)9-4-7-13-8-5-9/h4-5,7-8,10,12H,2-3H2,1H3. The van der Waals surface area contributed by atoms with Crippen molar-refractivity contribution >= 4 is 0 Å². The Morgan fingerprint density at radius 3 is 2.77 bits per heavy atom. The lowest BCUT2D eigenvalue weighted by molar-refractivity contribution is 0.556. The van der Waals surface area contributed by atoms with Crippen LogP contribution in [0.3, 0.4) is 0 Å². The van der Waals surface area contributed by atoms with Crippen LogP contribution in [-0.2, 0) is 0 Å². The summed E-state index contributed by atoms with van der Waals surface area (Å²) in [6.45, 7) is 0. The Bertz CT molecular complexity index is 276. The second-order valence-corrected chi connectivity index (χ2v) is 2.82. The predicted octanol–water partition coefficient (Wildman–Crippen LogP) is 1.65. The number of rotatable bonds is 4. The highest BCUT2D eigenvalue weighted by molar-refractivity contribution is 5.14. The molecule has 0 radical (unpaired) electrons. The van der Waals surface area contributed by atoms with E-state index in [1.165, 1.54) is 5.56 Å². The van der Waals surface area contributed by atoms with Crippen LogP contribution in [0, 0.1) is 11.3 Å². The van der Waals surface area contributed by atoms with E-state index in [1.54, 1.807) is 12.4 Å². The first-order chi connectivity index (χ1) is 6.38. The van der Waals surface area contributed by atoms with Gasteiger partial charge >= 0.3 is 0 Å². The zero-order chi connectivity index (χ0) is 9.52. The number of hydrogen-bond acceptors (Lipinski definition) is 3. The Balaban J connectivity index is 2.63. The Kier molecular flexibility index (Phi) is 3.94. The summed E-state index contributed by atoms with van der Waals surface area (Å²) in [5.41, 5.74) is 1.19. The maximum Gasteiger partial charge on any atom is 0.0622 e. The lowest BCUT2D eigenvalue weighted by Crippen LogP contribution is -2.15. The average molecular weight is 175 g/mol. The van der Waals surface area contributed by atoms with E-state index in [2.05, 4.69) is 16.4 Å².